The van der Waals surface area contributed by atoms with E-state index in [4.69, 9.17) is 9.47 Å². The predicted molar refractivity (Wildman–Crippen MR) is 89.7 cm³/mol. The lowest BCUT2D eigenvalue weighted by Gasteiger charge is -2.11. The number of allylic oxidation sites excluding steroid dienone is 1. The molecule has 0 unspecified atom stereocenters. The van der Waals surface area contributed by atoms with Crippen LogP contribution in [0.1, 0.15) is 21.5 Å². The van der Waals surface area contributed by atoms with Gasteiger partial charge in [0.05, 0.1) is 17.6 Å². The van der Waals surface area contributed by atoms with Gasteiger partial charge in [-0.15, -0.1) is 6.58 Å². The fraction of sp³-hybridized carbons (Fsp3) is 0.167. The lowest BCUT2D eigenvalue weighted by molar-refractivity contribution is -0.385. The summed E-state index contributed by atoms with van der Waals surface area (Å²) in [6.07, 6.45) is 2.21. The number of hydrogen-bond donors (Lipinski definition) is 0. The number of nitro benzene ring substituents is 1. The van der Waals surface area contributed by atoms with E-state index in [-0.39, 0.29) is 11.3 Å². The van der Waals surface area contributed by atoms with E-state index in [0.717, 1.165) is 5.56 Å². The zero-order valence-corrected chi connectivity index (χ0v) is 13.4. The fourth-order valence-corrected chi connectivity index (χ4v) is 2.24. The third-order valence-corrected chi connectivity index (χ3v) is 3.46. The number of rotatable bonds is 6. The molecule has 2 aromatic rings. The van der Waals surface area contributed by atoms with Gasteiger partial charge in [-0.2, -0.15) is 0 Å². The van der Waals surface area contributed by atoms with Crippen molar-refractivity contribution >= 4 is 11.7 Å². The van der Waals surface area contributed by atoms with E-state index < -0.39 is 10.9 Å². The van der Waals surface area contributed by atoms with Gasteiger partial charge in [0, 0.05) is 17.2 Å². The van der Waals surface area contributed by atoms with Gasteiger partial charge < -0.3 is 9.47 Å². The maximum atomic E-state index is 12.3. The summed E-state index contributed by atoms with van der Waals surface area (Å²) in [7, 11) is 1.55. The van der Waals surface area contributed by atoms with Gasteiger partial charge in [-0.25, -0.2) is 4.79 Å². The van der Waals surface area contributed by atoms with Crippen LogP contribution in [-0.4, -0.2) is 18.0 Å². The van der Waals surface area contributed by atoms with Crippen LogP contribution in [0.25, 0.3) is 0 Å². The molecule has 0 aliphatic heterocycles. The van der Waals surface area contributed by atoms with Gasteiger partial charge in [-0.3, -0.25) is 10.1 Å². The first-order chi connectivity index (χ1) is 11.5. The van der Waals surface area contributed by atoms with Crippen molar-refractivity contribution < 1.29 is 19.2 Å². The largest absolute Gasteiger partial charge is 0.497 e. The van der Waals surface area contributed by atoms with Crippen LogP contribution >= 0.6 is 0 Å². The molecule has 0 aliphatic rings. The molecule has 6 nitrogen and oxygen atoms in total. The molecule has 0 saturated carbocycles. The zero-order valence-electron chi connectivity index (χ0n) is 13.4. The van der Waals surface area contributed by atoms with Gasteiger partial charge in [0.15, 0.2) is 0 Å². The molecule has 0 fully saturated rings. The molecule has 0 aromatic heterocycles. The summed E-state index contributed by atoms with van der Waals surface area (Å²) in [4.78, 5) is 22.7. The second-order valence-corrected chi connectivity index (χ2v) is 5.11. The van der Waals surface area contributed by atoms with Gasteiger partial charge in [0.1, 0.15) is 11.5 Å². The Balaban J connectivity index is 2.28. The number of aryl methyl sites for hydroxylation is 1. The Morgan fingerprint density at radius 2 is 2.04 bits per heavy atom. The Morgan fingerprint density at radius 3 is 2.62 bits per heavy atom. The van der Waals surface area contributed by atoms with Gasteiger partial charge >= 0.3 is 5.97 Å². The van der Waals surface area contributed by atoms with Crippen LogP contribution in [0.4, 0.5) is 5.69 Å². The highest BCUT2D eigenvalue weighted by molar-refractivity contribution is 5.91. The predicted octanol–water partition coefficient (Wildman–Crippen LogP) is 3.86. The van der Waals surface area contributed by atoms with Gasteiger partial charge in [0.25, 0.3) is 5.69 Å². The summed E-state index contributed by atoms with van der Waals surface area (Å²) in [6.45, 7) is 5.26. The van der Waals surface area contributed by atoms with Crippen molar-refractivity contribution in [2.24, 2.45) is 0 Å². The highest BCUT2D eigenvalue weighted by Gasteiger charge is 2.16. The Labute approximate surface area is 139 Å². The number of ether oxygens (including phenoxy) is 2. The lowest BCUT2D eigenvalue weighted by atomic mass is 10.1. The van der Waals surface area contributed by atoms with E-state index in [0.29, 0.717) is 23.5 Å². The summed E-state index contributed by atoms with van der Waals surface area (Å²) in [5.41, 5.74) is 1.37. The molecule has 0 aliphatic carbocycles. The normalized spacial score (nSPS) is 10.1. The average molecular weight is 327 g/mol. The Kier molecular flexibility index (Phi) is 5.31. The first-order valence-corrected chi connectivity index (χ1v) is 7.21. The first kappa shape index (κ1) is 17.2. The number of hydrogen-bond acceptors (Lipinski definition) is 5. The number of nitro groups is 1. The molecule has 0 heterocycles. The average Bonchev–Trinajstić information content (AvgIpc) is 2.56. The quantitative estimate of drug-likeness (QED) is 0.265. The molecular formula is C18H17NO5. The van der Waals surface area contributed by atoms with Gasteiger partial charge in [0.2, 0.25) is 0 Å². The van der Waals surface area contributed by atoms with Crippen LogP contribution in [0.15, 0.2) is 49.1 Å². The Bertz CT molecular complexity index is 798. The molecule has 0 radical (unpaired) electrons. The van der Waals surface area contributed by atoms with Crippen LogP contribution in [0.2, 0.25) is 0 Å². The molecule has 0 amide bonds. The van der Waals surface area contributed by atoms with E-state index in [1.54, 1.807) is 38.3 Å². The molecule has 0 saturated heterocycles. The summed E-state index contributed by atoms with van der Waals surface area (Å²) in [6, 6.07) is 9.22. The third kappa shape index (κ3) is 3.78. The molecule has 0 N–H and O–H groups in total. The van der Waals surface area contributed by atoms with Gasteiger partial charge in [-0.05, 0) is 43.7 Å². The smallest absolute Gasteiger partial charge is 0.343 e. The second kappa shape index (κ2) is 7.41. The Hall–Kier alpha value is -3.15. The maximum absolute atomic E-state index is 12.3. The van der Waals surface area contributed by atoms with Crippen LogP contribution in [0.5, 0.6) is 11.5 Å². The SMILES string of the molecule is C=CCc1cc(OC)ccc1OC(=O)c1ccc([N+](=O)[O-])c(C)c1. The Morgan fingerprint density at radius 1 is 1.29 bits per heavy atom. The monoisotopic (exact) mass is 327 g/mol. The van der Waals surface area contributed by atoms with E-state index in [2.05, 4.69) is 6.58 Å². The van der Waals surface area contributed by atoms with Crippen LogP contribution in [0.3, 0.4) is 0 Å². The molecular weight excluding hydrogens is 310 g/mol. The minimum atomic E-state index is -0.580. The highest BCUT2D eigenvalue weighted by atomic mass is 16.6. The van der Waals surface area contributed by atoms with Crippen LogP contribution in [0, 0.1) is 17.0 Å². The minimum Gasteiger partial charge on any atom is -0.497 e. The van der Waals surface area contributed by atoms with E-state index >= 15 is 0 Å². The van der Waals surface area contributed by atoms with E-state index in [1.165, 1.54) is 18.2 Å². The zero-order chi connectivity index (χ0) is 17.7. The summed E-state index contributed by atoms with van der Waals surface area (Å²) in [5, 5.41) is 10.8. The topological polar surface area (TPSA) is 78.7 Å². The van der Waals surface area contributed by atoms with Crippen molar-refractivity contribution in [3.05, 3.63) is 75.9 Å². The number of benzene rings is 2. The van der Waals surface area contributed by atoms with Crippen LogP contribution in [-0.2, 0) is 6.42 Å². The highest BCUT2D eigenvalue weighted by Crippen LogP contribution is 2.26. The summed E-state index contributed by atoms with van der Waals surface area (Å²) >= 11 is 0. The van der Waals surface area contributed by atoms with E-state index in [9.17, 15) is 14.9 Å². The fourth-order valence-electron chi connectivity index (χ4n) is 2.24. The minimum absolute atomic E-state index is 0.0386. The number of carbonyl (C=O) groups excluding carboxylic acids is 1. The van der Waals surface area contributed by atoms with Crippen molar-refractivity contribution in [3.63, 3.8) is 0 Å². The molecule has 6 heteroatoms. The van der Waals surface area contributed by atoms with Crippen molar-refractivity contribution in [2.45, 2.75) is 13.3 Å². The van der Waals surface area contributed by atoms with E-state index in [1.807, 2.05) is 0 Å². The van der Waals surface area contributed by atoms with Crippen LogP contribution < -0.4 is 9.47 Å². The van der Waals surface area contributed by atoms with Crippen molar-refractivity contribution in [2.75, 3.05) is 7.11 Å². The van der Waals surface area contributed by atoms with Crippen molar-refractivity contribution in [1.29, 1.82) is 0 Å². The molecule has 24 heavy (non-hydrogen) atoms. The molecule has 2 rings (SSSR count). The van der Waals surface area contributed by atoms with Gasteiger partial charge in [-0.1, -0.05) is 6.08 Å². The summed E-state index contributed by atoms with van der Waals surface area (Å²) < 4.78 is 10.6. The maximum Gasteiger partial charge on any atom is 0.343 e. The second-order valence-electron chi connectivity index (χ2n) is 5.11. The number of methoxy groups -OCH3 is 1. The van der Waals surface area contributed by atoms with Crippen molar-refractivity contribution in [3.8, 4) is 11.5 Å². The molecule has 124 valence electrons. The first-order valence-electron chi connectivity index (χ1n) is 7.21. The molecule has 0 bridgehead atoms. The van der Waals surface area contributed by atoms with Crippen molar-refractivity contribution in [1.82, 2.24) is 0 Å². The standard InChI is InChI=1S/C18H17NO5/c1-4-5-13-11-15(23-3)7-9-17(13)24-18(20)14-6-8-16(19(21)22)12(2)10-14/h4,6-11H,1,5H2,2-3H3. The third-order valence-electron chi connectivity index (χ3n) is 3.46. The molecule has 2 aromatic carbocycles. The summed E-state index contributed by atoms with van der Waals surface area (Å²) in [5.74, 6) is 0.470. The molecule has 0 atom stereocenters. The number of esters is 1. The number of carbonyl (C=O) groups is 1. The molecule has 0 spiro atoms. The number of nitrogens with zero attached hydrogens (tertiary/aromatic N) is 1. The lowest BCUT2D eigenvalue weighted by Crippen LogP contribution is -2.10.